The van der Waals surface area contributed by atoms with Gasteiger partial charge in [-0.25, -0.2) is 19.4 Å². The molecule has 1 saturated carbocycles. The van der Waals surface area contributed by atoms with Crippen LogP contribution in [0.15, 0.2) is 79.1 Å². The van der Waals surface area contributed by atoms with Crippen molar-refractivity contribution in [3.8, 4) is 23.0 Å². The zero-order valence-corrected chi connectivity index (χ0v) is 25.6. The molecule has 2 fully saturated rings. The third-order valence-corrected chi connectivity index (χ3v) is 8.03. The van der Waals surface area contributed by atoms with Gasteiger partial charge in [0.1, 0.15) is 34.2 Å². The van der Waals surface area contributed by atoms with Crippen molar-refractivity contribution in [2.24, 2.45) is 0 Å². The van der Waals surface area contributed by atoms with Crippen LogP contribution in [0.2, 0.25) is 0 Å². The predicted octanol–water partition coefficient (Wildman–Crippen LogP) is 5.63. The molecule has 2 aromatic carbocycles. The van der Waals surface area contributed by atoms with Crippen molar-refractivity contribution in [1.29, 1.82) is 0 Å². The summed E-state index contributed by atoms with van der Waals surface area (Å²) in [6.45, 7) is 1.23. The average molecular weight is 636 g/mol. The number of rotatable bonds is 11. The standard InChI is InChI=1S/C34H33N7O6/c1-45-24-6-2-21(3-7-24)19-41-32-30(31(39-41)37-23-14-17-40(20-23)34(43)44)28(13-16-36-32)47-26-8-4-22(5-9-26)33(42)38-29-18-27(12-15-35-29)46-25-10-11-25/h2-9,12-13,15-16,18,23,25H,10-11,14,17,19-20H2,1H3,(H,37,39)(H,43,44)(H,35,38,42). The number of likely N-dealkylation sites (tertiary alicyclic amines) is 1. The first-order chi connectivity index (χ1) is 22.9. The number of nitrogens with zero attached hydrogens (tertiary/aromatic N) is 5. The fraction of sp³-hybridized carbons (Fsp3) is 0.265. The fourth-order valence-corrected chi connectivity index (χ4v) is 5.44. The van der Waals surface area contributed by atoms with E-state index in [9.17, 15) is 14.7 Å². The Bertz CT molecular complexity index is 1910. The number of amides is 2. The number of benzene rings is 2. The summed E-state index contributed by atoms with van der Waals surface area (Å²) in [5, 5.41) is 21.2. The minimum atomic E-state index is -0.945. The van der Waals surface area contributed by atoms with Gasteiger partial charge in [-0.15, -0.1) is 0 Å². The van der Waals surface area contributed by atoms with Gasteiger partial charge in [-0.1, -0.05) is 12.1 Å². The van der Waals surface area contributed by atoms with Crippen molar-refractivity contribution in [2.75, 3.05) is 30.8 Å². The maximum absolute atomic E-state index is 13.0. The van der Waals surface area contributed by atoms with Gasteiger partial charge in [-0.05, 0) is 67.3 Å². The number of hydrogen-bond acceptors (Lipinski definition) is 9. The first kappa shape index (κ1) is 29.8. The second kappa shape index (κ2) is 12.9. The molecule has 3 aromatic heterocycles. The van der Waals surface area contributed by atoms with Gasteiger partial charge in [0.25, 0.3) is 5.91 Å². The van der Waals surface area contributed by atoms with E-state index in [0.717, 1.165) is 24.2 Å². The van der Waals surface area contributed by atoms with Gasteiger partial charge in [0.15, 0.2) is 11.5 Å². The average Bonchev–Trinajstić information content (AvgIpc) is 3.65. The third kappa shape index (κ3) is 6.88. The van der Waals surface area contributed by atoms with Crippen molar-refractivity contribution < 1.29 is 28.9 Å². The first-order valence-corrected chi connectivity index (χ1v) is 15.4. The first-order valence-electron chi connectivity index (χ1n) is 15.4. The molecular weight excluding hydrogens is 602 g/mol. The SMILES string of the molecule is COc1ccc(Cn2nc(NC3CCN(C(=O)O)C3)c3c(Oc4ccc(C(=O)Nc5cc(OC6CC6)ccn5)cc4)ccnc32)cc1. The molecule has 2 amide bonds. The predicted molar refractivity (Wildman–Crippen MR) is 174 cm³/mol. The lowest BCUT2D eigenvalue weighted by molar-refractivity contribution is 0.102. The number of carboxylic acid groups (broad SMARTS) is 1. The van der Waals surface area contributed by atoms with Crippen molar-refractivity contribution in [1.82, 2.24) is 24.6 Å². The summed E-state index contributed by atoms with van der Waals surface area (Å²) >= 11 is 0. The Kier molecular flexibility index (Phi) is 8.17. The van der Waals surface area contributed by atoms with Crippen molar-refractivity contribution >= 4 is 34.7 Å². The van der Waals surface area contributed by atoms with Crippen LogP contribution in [0.1, 0.15) is 35.2 Å². The van der Waals surface area contributed by atoms with E-state index in [1.807, 2.05) is 24.3 Å². The van der Waals surface area contributed by atoms with Crippen LogP contribution < -0.4 is 24.8 Å². The second-order valence-corrected chi connectivity index (χ2v) is 11.5. The zero-order chi connectivity index (χ0) is 32.3. The molecule has 47 heavy (non-hydrogen) atoms. The maximum Gasteiger partial charge on any atom is 0.407 e. The number of anilines is 2. The minimum absolute atomic E-state index is 0.125. The number of ether oxygens (including phenoxy) is 3. The number of methoxy groups -OCH3 is 1. The Morgan fingerprint density at radius 3 is 2.43 bits per heavy atom. The highest BCUT2D eigenvalue weighted by Gasteiger charge is 2.28. The summed E-state index contributed by atoms with van der Waals surface area (Å²) in [5.41, 5.74) is 2.04. The molecule has 240 valence electrons. The lowest BCUT2D eigenvalue weighted by atomic mass is 10.2. The molecule has 0 radical (unpaired) electrons. The summed E-state index contributed by atoms with van der Waals surface area (Å²) < 4.78 is 19.2. The molecule has 3 N–H and O–H groups in total. The molecule has 2 aliphatic rings. The number of nitrogens with one attached hydrogen (secondary N) is 2. The Hall–Kier alpha value is -5.85. The molecule has 1 aliphatic heterocycles. The fourth-order valence-electron chi connectivity index (χ4n) is 5.44. The van der Waals surface area contributed by atoms with Gasteiger partial charge in [-0.2, -0.15) is 5.10 Å². The van der Waals surface area contributed by atoms with Crippen LogP contribution in [0.25, 0.3) is 11.0 Å². The Labute approximate surface area is 270 Å². The smallest absolute Gasteiger partial charge is 0.407 e. The molecule has 1 atom stereocenters. The monoisotopic (exact) mass is 635 g/mol. The Morgan fingerprint density at radius 1 is 0.936 bits per heavy atom. The van der Waals surface area contributed by atoms with Crippen LogP contribution in [0.5, 0.6) is 23.0 Å². The van der Waals surface area contributed by atoms with Crippen LogP contribution in [-0.4, -0.2) is 74.1 Å². The highest BCUT2D eigenvalue weighted by atomic mass is 16.5. The summed E-state index contributed by atoms with van der Waals surface area (Å²) in [7, 11) is 1.62. The van der Waals surface area contributed by atoms with E-state index in [0.29, 0.717) is 71.5 Å². The summed E-state index contributed by atoms with van der Waals surface area (Å²) in [6, 6.07) is 19.6. The van der Waals surface area contributed by atoms with Crippen molar-refractivity contribution in [3.63, 3.8) is 0 Å². The van der Waals surface area contributed by atoms with Gasteiger partial charge in [-0.3, -0.25) is 4.79 Å². The van der Waals surface area contributed by atoms with Gasteiger partial charge >= 0.3 is 6.09 Å². The molecular formula is C34H33N7O6. The largest absolute Gasteiger partial charge is 0.497 e. The Morgan fingerprint density at radius 2 is 1.70 bits per heavy atom. The molecule has 4 heterocycles. The summed E-state index contributed by atoms with van der Waals surface area (Å²) in [5.74, 6) is 3.11. The van der Waals surface area contributed by atoms with E-state index in [1.54, 1.807) is 66.6 Å². The molecule has 0 bridgehead atoms. The number of pyridine rings is 2. The zero-order valence-electron chi connectivity index (χ0n) is 25.6. The van der Waals surface area contributed by atoms with E-state index in [2.05, 4.69) is 20.6 Å². The minimum Gasteiger partial charge on any atom is -0.497 e. The number of carbonyl (C=O) groups is 2. The molecule has 1 unspecified atom stereocenters. The summed E-state index contributed by atoms with van der Waals surface area (Å²) in [6.07, 6.45) is 5.29. The van der Waals surface area contributed by atoms with Crippen LogP contribution in [-0.2, 0) is 6.54 Å². The van der Waals surface area contributed by atoms with Crippen molar-refractivity contribution in [3.05, 3.63) is 90.3 Å². The van der Waals surface area contributed by atoms with E-state index in [4.69, 9.17) is 19.3 Å². The van der Waals surface area contributed by atoms with Crippen molar-refractivity contribution in [2.45, 2.75) is 38.0 Å². The van der Waals surface area contributed by atoms with E-state index in [1.165, 1.54) is 4.90 Å². The van der Waals surface area contributed by atoms with Gasteiger partial charge < -0.3 is 34.9 Å². The molecule has 1 saturated heterocycles. The highest BCUT2D eigenvalue weighted by Crippen LogP contribution is 2.35. The third-order valence-electron chi connectivity index (χ3n) is 8.03. The number of aromatic nitrogens is 4. The van der Waals surface area contributed by atoms with E-state index < -0.39 is 6.09 Å². The van der Waals surface area contributed by atoms with Crippen LogP contribution in [0.4, 0.5) is 16.4 Å². The van der Waals surface area contributed by atoms with Crippen LogP contribution in [0, 0.1) is 0 Å². The molecule has 13 nitrogen and oxygen atoms in total. The quantitative estimate of drug-likeness (QED) is 0.166. The second-order valence-electron chi connectivity index (χ2n) is 11.5. The topological polar surface area (TPSA) is 153 Å². The molecule has 1 aliphatic carbocycles. The van der Waals surface area contributed by atoms with Gasteiger partial charge in [0.2, 0.25) is 0 Å². The number of fused-ring (bicyclic) bond motifs is 1. The van der Waals surface area contributed by atoms with Crippen LogP contribution >= 0.6 is 0 Å². The van der Waals surface area contributed by atoms with Gasteiger partial charge in [0, 0.05) is 49.2 Å². The molecule has 7 rings (SSSR count). The number of hydrogen-bond donors (Lipinski definition) is 3. The molecule has 13 heteroatoms. The Balaban J connectivity index is 1.12. The maximum atomic E-state index is 13.0. The van der Waals surface area contributed by atoms with Crippen LogP contribution in [0.3, 0.4) is 0 Å². The van der Waals surface area contributed by atoms with Gasteiger partial charge in [0.05, 0.1) is 19.8 Å². The lowest BCUT2D eigenvalue weighted by Crippen LogP contribution is -2.30. The highest BCUT2D eigenvalue weighted by molar-refractivity contribution is 6.04. The van der Waals surface area contributed by atoms with E-state index >= 15 is 0 Å². The number of carbonyl (C=O) groups excluding carboxylic acids is 1. The normalized spacial score (nSPS) is 15.8. The molecule has 0 spiro atoms. The lowest BCUT2D eigenvalue weighted by Gasteiger charge is -2.14. The molecule has 5 aromatic rings. The van der Waals surface area contributed by atoms with E-state index in [-0.39, 0.29) is 18.1 Å². The summed E-state index contributed by atoms with van der Waals surface area (Å²) in [4.78, 5) is 34.8.